The van der Waals surface area contributed by atoms with Crippen molar-refractivity contribution in [1.29, 1.82) is 0 Å². The highest BCUT2D eigenvalue weighted by molar-refractivity contribution is 4.97. The van der Waals surface area contributed by atoms with Crippen LogP contribution in [-0.4, -0.2) is 60.6 Å². The third-order valence-electron chi connectivity index (χ3n) is 5.24. The Kier molecular flexibility index (Phi) is 4.75. The van der Waals surface area contributed by atoms with Crippen molar-refractivity contribution in [2.24, 2.45) is 0 Å². The summed E-state index contributed by atoms with van der Waals surface area (Å²) in [5.41, 5.74) is -0.990. The lowest BCUT2D eigenvalue weighted by Gasteiger charge is -2.40. The zero-order valence-corrected chi connectivity index (χ0v) is 13.4. The van der Waals surface area contributed by atoms with Crippen LogP contribution in [0.25, 0.3) is 0 Å². The average molecular weight is 309 g/mol. The predicted octanol–water partition coefficient (Wildman–Crippen LogP) is 1.06. The molecule has 0 amide bonds. The number of β-amino-alcohol motifs (C(OH)–C–C–N with tert-alkyl or cyclic N) is 1. The van der Waals surface area contributed by atoms with E-state index in [1.165, 1.54) is 19.3 Å². The maximum atomic E-state index is 10.4. The van der Waals surface area contributed by atoms with E-state index in [0.717, 1.165) is 31.6 Å². The van der Waals surface area contributed by atoms with Gasteiger partial charge in [-0.05, 0) is 49.6 Å². The Bertz CT molecular complexity index is 488. The molecule has 22 heavy (non-hydrogen) atoms. The summed E-state index contributed by atoms with van der Waals surface area (Å²) in [5.74, 6) is 0.883. The molecular formula is C15H27N5O2. The second kappa shape index (κ2) is 6.60. The quantitative estimate of drug-likeness (QED) is 0.865. The predicted molar refractivity (Wildman–Crippen MR) is 81.2 cm³/mol. The van der Waals surface area contributed by atoms with Gasteiger partial charge >= 0.3 is 0 Å². The number of piperidine rings is 1. The molecule has 1 saturated heterocycles. The fraction of sp³-hybridized carbons (Fsp3) is 0.933. The molecule has 1 aliphatic carbocycles. The monoisotopic (exact) mass is 309 g/mol. The fourth-order valence-electron chi connectivity index (χ4n) is 3.83. The van der Waals surface area contributed by atoms with Gasteiger partial charge < -0.3 is 10.2 Å². The van der Waals surface area contributed by atoms with Crippen LogP contribution in [0.5, 0.6) is 0 Å². The number of hydrogen-bond donors (Lipinski definition) is 2. The van der Waals surface area contributed by atoms with Crippen molar-refractivity contribution >= 4 is 0 Å². The molecule has 0 spiro atoms. The van der Waals surface area contributed by atoms with Crippen LogP contribution in [0.15, 0.2) is 0 Å². The molecule has 1 saturated carbocycles. The van der Waals surface area contributed by atoms with Crippen LogP contribution in [0, 0.1) is 0 Å². The summed E-state index contributed by atoms with van der Waals surface area (Å²) in [6.07, 6.45) is 7.61. The lowest BCUT2D eigenvalue weighted by molar-refractivity contribution is -0.0763. The van der Waals surface area contributed by atoms with Crippen LogP contribution in [-0.2, 0) is 0 Å². The third-order valence-corrected chi connectivity index (χ3v) is 5.24. The van der Waals surface area contributed by atoms with Crippen molar-refractivity contribution in [3.8, 4) is 0 Å². The molecule has 0 aromatic carbocycles. The van der Waals surface area contributed by atoms with E-state index < -0.39 is 5.60 Å². The summed E-state index contributed by atoms with van der Waals surface area (Å²) in [5, 5.41) is 32.2. The summed E-state index contributed by atoms with van der Waals surface area (Å²) in [6, 6.07) is 0.456. The van der Waals surface area contributed by atoms with Crippen molar-refractivity contribution < 1.29 is 10.2 Å². The van der Waals surface area contributed by atoms with Gasteiger partial charge in [0, 0.05) is 6.54 Å². The second-order valence-electron chi connectivity index (χ2n) is 6.91. The first-order valence-corrected chi connectivity index (χ1v) is 8.48. The highest BCUT2D eigenvalue weighted by Gasteiger charge is 2.36. The maximum Gasteiger partial charge on any atom is 0.168 e. The molecule has 2 N–H and O–H groups in total. The number of nitrogens with zero attached hydrogens (tertiary/aromatic N) is 5. The van der Waals surface area contributed by atoms with Gasteiger partial charge in [0.15, 0.2) is 5.82 Å². The van der Waals surface area contributed by atoms with Crippen LogP contribution >= 0.6 is 0 Å². The van der Waals surface area contributed by atoms with E-state index in [2.05, 4.69) is 27.3 Å². The van der Waals surface area contributed by atoms with Crippen LogP contribution in [0.3, 0.4) is 0 Å². The molecule has 7 nitrogen and oxygen atoms in total. The largest absolute Gasteiger partial charge is 0.393 e. The Morgan fingerprint density at radius 1 is 1.27 bits per heavy atom. The molecule has 1 aliphatic heterocycles. The molecule has 2 heterocycles. The fourth-order valence-corrected chi connectivity index (χ4v) is 3.83. The van der Waals surface area contributed by atoms with Crippen molar-refractivity contribution in [2.45, 2.75) is 69.6 Å². The van der Waals surface area contributed by atoms with Gasteiger partial charge in [0.25, 0.3) is 0 Å². The minimum atomic E-state index is -0.990. The van der Waals surface area contributed by atoms with Crippen molar-refractivity contribution in [3.05, 3.63) is 5.82 Å². The van der Waals surface area contributed by atoms with Gasteiger partial charge in [-0.1, -0.05) is 19.3 Å². The summed E-state index contributed by atoms with van der Waals surface area (Å²) >= 11 is 0. The Labute approximate surface area is 131 Å². The Morgan fingerprint density at radius 2 is 2.05 bits per heavy atom. The number of tetrazole rings is 1. The normalized spacial score (nSPS) is 29.6. The molecule has 1 aromatic rings. The molecule has 2 aliphatic rings. The summed E-state index contributed by atoms with van der Waals surface area (Å²) in [7, 11) is 0. The van der Waals surface area contributed by atoms with Gasteiger partial charge in [0.1, 0.15) is 5.60 Å². The van der Waals surface area contributed by atoms with E-state index in [1.807, 2.05) is 4.68 Å². The number of aliphatic hydroxyl groups is 2. The standard InChI is InChI=1S/C15H27N5O2/c1-12(19-9-5-8-15(22,10-19)11-21)14-16-17-18-20(14)13-6-3-2-4-7-13/h12-13,21-22H,2-11H2,1H3. The SMILES string of the molecule is CC(c1nnnn1C1CCCCC1)N1CCCC(O)(CO)C1. The van der Waals surface area contributed by atoms with E-state index in [9.17, 15) is 10.2 Å². The minimum Gasteiger partial charge on any atom is -0.393 e. The number of aromatic nitrogens is 4. The Hall–Kier alpha value is -1.05. The highest BCUT2D eigenvalue weighted by atomic mass is 16.3. The molecule has 7 heteroatoms. The van der Waals surface area contributed by atoms with Gasteiger partial charge in [-0.25, -0.2) is 4.68 Å². The zero-order valence-electron chi connectivity index (χ0n) is 13.4. The first-order chi connectivity index (χ1) is 10.6. The van der Waals surface area contributed by atoms with Crippen LogP contribution in [0.4, 0.5) is 0 Å². The lowest BCUT2D eigenvalue weighted by atomic mass is 9.92. The molecule has 2 unspecified atom stereocenters. The summed E-state index contributed by atoms with van der Waals surface area (Å²) < 4.78 is 2.00. The highest BCUT2D eigenvalue weighted by Crippen LogP contribution is 2.32. The maximum absolute atomic E-state index is 10.4. The smallest absolute Gasteiger partial charge is 0.168 e. The lowest BCUT2D eigenvalue weighted by Crippen LogP contribution is -2.51. The molecule has 3 rings (SSSR count). The number of likely N-dealkylation sites (tertiary alicyclic amines) is 1. The molecular weight excluding hydrogens is 282 g/mol. The van der Waals surface area contributed by atoms with E-state index in [-0.39, 0.29) is 12.6 Å². The first-order valence-electron chi connectivity index (χ1n) is 8.48. The average Bonchev–Trinajstić information content (AvgIpc) is 3.04. The van der Waals surface area contributed by atoms with Gasteiger partial charge in [-0.3, -0.25) is 4.90 Å². The summed E-state index contributed by atoms with van der Waals surface area (Å²) in [6.45, 7) is 3.28. The molecule has 2 fully saturated rings. The van der Waals surface area contributed by atoms with Crippen molar-refractivity contribution in [1.82, 2.24) is 25.1 Å². The minimum absolute atomic E-state index is 0.0512. The number of aliphatic hydroxyl groups excluding tert-OH is 1. The van der Waals surface area contributed by atoms with Crippen LogP contribution in [0.2, 0.25) is 0 Å². The zero-order chi connectivity index (χ0) is 15.6. The second-order valence-corrected chi connectivity index (χ2v) is 6.91. The van der Waals surface area contributed by atoms with Crippen LogP contribution < -0.4 is 0 Å². The van der Waals surface area contributed by atoms with Crippen molar-refractivity contribution in [2.75, 3.05) is 19.7 Å². The van der Waals surface area contributed by atoms with E-state index in [1.54, 1.807) is 0 Å². The first kappa shape index (κ1) is 15.8. The molecule has 0 bridgehead atoms. The van der Waals surface area contributed by atoms with Gasteiger partial charge in [0.2, 0.25) is 0 Å². The summed E-state index contributed by atoms with van der Waals surface area (Å²) in [4.78, 5) is 2.19. The van der Waals surface area contributed by atoms with Gasteiger partial charge in [-0.2, -0.15) is 0 Å². The molecule has 1 aromatic heterocycles. The van der Waals surface area contributed by atoms with E-state index in [4.69, 9.17) is 0 Å². The number of hydrogen-bond acceptors (Lipinski definition) is 6. The Balaban J connectivity index is 1.75. The number of rotatable bonds is 4. The Morgan fingerprint density at radius 3 is 2.77 bits per heavy atom. The molecule has 0 radical (unpaired) electrons. The molecule has 2 atom stereocenters. The van der Waals surface area contributed by atoms with Gasteiger partial charge in [0.05, 0.1) is 18.7 Å². The van der Waals surface area contributed by atoms with E-state index >= 15 is 0 Å². The third kappa shape index (κ3) is 3.16. The van der Waals surface area contributed by atoms with Crippen LogP contribution in [0.1, 0.15) is 69.8 Å². The van der Waals surface area contributed by atoms with Crippen molar-refractivity contribution in [3.63, 3.8) is 0 Å². The molecule has 124 valence electrons. The van der Waals surface area contributed by atoms with E-state index in [0.29, 0.717) is 19.0 Å². The van der Waals surface area contributed by atoms with Gasteiger partial charge in [-0.15, -0.1) is 5.10 Å². The topological polar surface area (TPSA) is 87.3 Å².